The molecule has 10 heteroatoms. The van der Waals surface area contributed by atoms with Gasteiger partial charge in [0.2, 0.25) is 5.91 Å². The van der Waals surface area contributed by atoms with Crippen LogP contribution in [0, 0.1) is 6.92 Å². The van der Waals surface area contributed by atoms with Crippen LogP contribution in [0.25, 0.3) is 0 Å². The van der Waals surface area contributed by atoms with Gasteiger partial charge in [0, 0.05) is 31.0 Å². The van der Waals surface area contributed by atoms with E-state index in [9.17, 15) is 14.4 Å². The maximum absolute atomic E-state index is 14.0. The molecular weight excluding hydrogens is 546 g/mol. The van der Waals surface area contributed by atoms with Crippen LogP contribution in [-0.4, -0.2) is 80.3 Å². The number of methoxy groups -OCH3 is 2. The zero-order chi connectivity index (χ0) is 30.4. The van der Waals surface area contributed by atoms with Crippen LogP contribution in [-0.2, 0) is 16.0 Å². The highest BCUT2D eigenvalue weighted by Gasteiger charge is 2.54. The van der Waals surface area contributed by atoms with Crippen molar-refractivity contribution < 1.29 is 23.9 Å². The summed E-state index contributed by atoms with van der Waals surface area (Å²) in [6.07, 6.45) is 1.55. The van der Waals surface area contributed by atoms with Crippen LogP contribution in [0.5, 0.6) is 11.5 Å². The molecule has 2 heterocycles. The van der Waals surface area contributed by atoms with Gasteiger partial charge in [0.25, 0.3) is 5.91 Å². The molecule has 2 aliphatic heterocycles. The number of ether oxygens (including phenoxy) is 2. The Kier molecular flexibility index (Phi) is 9.04. The number of carbonyl (C=O) groups is 3. The van der Waals surface area contributed by atoms with Crippen molar-refractivity contribution in [2.75, 3.05) is 57.3 Å². The van der Waals surface area contributed by atoms with E-state index in [0.29, 0.717) is 57.1 Å². The number of hydrogen-bond acceptors (Lipinski definition) is 6. The van der Waals surface area contributed by atoms with Crippen molar-refractivity contribution in [2.45, 2.75) is 31.7 Å². The minimum atomic E-state index is -0.818. The maximum Gasteiger partial charge on any atom is 0.321 e. The second-order valence-corrected chi connectivity index (χ2v) is 11.0. The van der Waals surface area contributed by atoms with Crippen molar-refractivity contribution in [3.63, 3.8) is 0 Å². The molecule has 2 saturated heterocycles. The van der Waals surface area contributed by atoms with Crippen LogP contribution in [0.3, 0.4) is 0 Å². The SMILES string of the molecule is COc1ccc(CCNC(=O)CN2CN(c3ccccc3)C3(CCN(C(=O)Nc4cccc(C)c4)CC3)C2=O)cc1OC. The largest absolute Gasteiger partial charge is 0.493 e. The third kappa shape index (κ3) is 6.53. The highest BCUT2D eigenvalue weighted by atomic mass is 16.5. The molecule has 0 bridgehead atoms. The predicted octanol–water partition coefficient (Wildman–Crippen LogP) is 4.04. The van der Waals surface area contributed by atoms with Crippen molar-refractivity contribution in [3.05, 3.63) is 83.9 Å². The lowest BCUT2D eigenvalue weighted by Gasteiger charge is -2.43. The third-order valence-electron chi connectivity index (χ3n) is 8.25. The number of aryl methyl sites for hydroxylation is 1. The van der Waals surface area contributed by atoms with E-state index in [2.05, 4.69) is 15.5 Å². The van der Waals surface area contributed by atoms with Crippen LogP contribution in [0.4, 0.5) is 16.2 Å². The van der Waals surface area contributed by atoms with E-state index in [1.54, 1.807) is 24.0 Å². The lowest BCUT2D eigenvalue weighted by atomic mass is 9.85. The Morgan fingerprint density at radius 2 is 1.65 bits per heavy atom. The summed E-state index contributed by atoms with van der Waals surface area (Å²) in [5.41, 5.74) is 2.92. The molecule has 2 N–H and O–H groups in total. The minimum absolute atomic E-state index is 0.0343. The number of amides is 4. The van der Waals surface area contributed by atoms with Gasteiger partial charge in [-0.2, -0.15) is 0 Å². The first-order valence-electron chi connectivity index (χ1n) is 14.6. The number of piperidine rings is 1. The number of nitrogens with zero attached hydrogens (tertiary/aromatic N) is 3. The van der Waals surface area contributed by atoms with Gasteiger partial charge in [-0.1, -0.05) is 36.4 Å². The van der Waals surface area contributed by atoms with Crippen LogP contribution >= 0.6 is 0 Å². The fourth-order valence-corrected chi connectivity index (χ4v) is 5.94. The second-order valence-electron chi connectivity index (χ2n) is 11.0. The molecule has 226 valence electrons. The molecule has 43 heavy (non-hydrogen) atoms. The molecule has 0 radical (unpaired) electrons. The van der Waals surface area contributed by atoms with E-state index in [1.807, 2.05) is 79.7 Å². The molecule has 10 nitrogen and oxygen atoms in total. The molecule has 0 atom stereocenters. The van der Waals surface area contributed by atoms with Gasteiger partial charge in [-0.05, 0) is 73.7 Å². The monoisotopic (exact) mass is 585 g/mol. The molecular formula is C33H39N5O5. The van der Waals surface area contributed by atoms with Gasteiger partial charge in [0.15, 0.2) is 11.5 Å². The number of hydrogen-bond donors (Lipinski definition) is 2. The van der Waals surface area contributed by atoms with E-state index in [0.717, 1.165) is 22.5 Å². The molecule has 0 unspecified atom stereocenters. The molecule has 3 aromatic carbocycles. The van der Waals surface area contributed by atoms with E-state index in [1.165, 1.54) is 0 Å². The molecule has 0 aromatic heterocycles. The first kappa shape index (κ1) is 29.8. The summed E-state index contributed by atoms with van der Waals surface area (Å²) in [5, 5.41) is 5.93. The number of benzene rings is 3. The molecule has 5 rings (SSSR count). The Morgan fingerprint density at radius 1 is 0.907 bits per heavy atom. The fraction of sp³-hybridized carbons (Fsp3) is 0.364. The molecule has 0 aliphatic carbocycles. The molecule has 1 spiro atoms. The quantitative estimate of drug-likeness (QED) is 0.393. The second kappa shape index (κ2) is 13.1. The zero-order valence-electron chi connectivity index (χ0n) is 25.0. The zero-order valence-corrected chi connectivity index (χ0v) is 25.0. The van der Waals surface area contributed by atoms with Gasteiger partial charge < -0.3 is 34.8 Å². The predicted molar refractivity (Wildman–Crippen MR) is 165 cm³/mol. The summed E-state index contributed by atoms with van der Waals surface area (Å²) in [5.74, 6) is 0.996. The molecule has 0 saturated carbocycles. The van der Waals surface area contributed by atoms with Gasteiger partial charge in [-0.25, -0.2) is 4.79 Å². The van der Waals surface area contributed by atoms with Crippen molar-refractivity contribution in [3.8, 4) is 11.5 Å². The summed E-state index contributed by atoms with van der Waals surface area (Å²) in [7, 11) is 3.18. The molecule has 2 aliphatic rings. The molecule has 3 aromatic rings. The van der Waals surface area contributed by atoms with Gasteiger partial charge in [-0.15, -0.1) is 0 Å². The molecule has 2 fully saturated rings. The van der Waals surface area contributed by atoms with Crippen molar-refractivity contribution in [1.82, 2.24) is 15.1 Å². The normalized spacial score (nSPS) is 15.9. The minimum Gasteiger partial charge on any atom is -0.493 e. The standard InChI is InChI=1S/C33H39N5O5/c1-24-8-7-9-26(20-24)35-32(41)36-18-15-33(16-19-36)31(40)37(23-38(33)27-10-5-4-6-11-27)22-30(39)34-17-14-25-12-13-28(42-2)29(21-25)43-3/h4-13,20-21H,14-19,22-23H2,1-3H3,(H,34,39)(H,35,41). The Bertz CT molecular complexity index is 1460. The number of urea groups is 1. The van der Waals surface area contributed by atoms with Crippen LogP contribution in [0.1, 0.15) is 24.0 Å². The number of para-hydroxylation sites is 1. The molecule has 4 amide bonds. The third-order valence-corrected chi connectivity index (χ3v) is 8.25. The first-order chi connectivity index (χ1) is 20.8. The van der Waals surface area contributed by atoms with Crippen LogP contribution in [0.15, 0.2) is 72.8 Å². The highest BCUT2D eigenvalue weighted by Crippen LogP contribution is 2.39. The van der Waals surface area contributed by atoms with Crippen LogP contribution < -0.4 is 25.0 Å². The summed E-state index contributed by atoms with van der Waals surface area (Å²) in [6.45, 7) is 3.54. The van der Waals surface area contributed by atoms with Gasteiger partial charge >= 0.3 is 6.03 Å². The topological polar surface area (TPSA) is 103 Å². The average Bonchev–Trinajstić information content (AvgIpc) is 3.27. The number of nitrogens with one attached hydrogen (secondary N) is 2. The Hall–Kier alpha value is -4.73. The smallest absolute Gasteiger partial charge is 0.321 e. The van der Waals surface area contributed by atoms with E-state index in [4.69, 9.17) is 9.47 Å². The van der Waals surface area contributed by atoms with E-state index in [-0.39, 0.29) is 24.4 Å². The van der Waals surface area contributed by atoms with Crippen molar-refractivity contribution in [2.24, 2.45) is 0 Å². The lowest BCUT2D eigenvalue weighted by Crippen LogP contribution is -2.58. The Morgan fingerprint density at radius 3 is 2.35 bits per heavy atom. The number of likely N-dealkylation sites (tertiary alicyclic amines) is 1. The first-order valence-corrected chi connectivity index (χ1v) is 14.6. The van der Waals surface area contributed by atoms with Gasteiger partial charge in [-0.3, -0.25) is 9.59 Å². The van der Waals surface area contributed by atoms with Crippen molar-refractivity contribution in [1.29, 1.82) is 0 Å². The van der Waals surface area contributed by atoms with Gasteiger partial charge in [0.05, 0.1) is 20.9 Å². The lowest BCUT2D eigenvalue weighted by molar-refractivity contribution is -0.137. The van der Waals surface area contributed by atoms with Crippen LogP contribution in [0.2, 0.25) is 0 Å². The van der Waals surface area contributed by atoms with Gasteiger partial charge in [0.1, 0.15) is 12.1 Å². The van der Waals surface area contributed by atoms with E-state index < -0.39 is 5.54 Å². The fourth-order valence-electron chi connectivity index (χ4n) is 5.94. The number of carbonyl (C=O) groups excluding carboxylic acids is 3. The summed E-state index contributed by atoms with van der Waals surface area (Å²) in [4.78, 5) is 45.5. The average molecular weight is 586 g/mol. The summed E-state index contributed by atoms with van der Waals surface area (Å²) < 4.78 is 10.7. The number of rotatable bonds is 9. The van der Waals surface area contributed by atoms with E-state index >= 15 is 0 Å². The Labute approximate surface area is 252 Å². The summed E-state index contributed by atoms with van der Waals surface area (Å²) >= 11 is 0. The Balaban J connectivity index is 1.22. The van der Waals surface area contributed by atoms with Crippen molar-refractivity contribution >= 4 is 29.2 Å². The highest BCUT2D eigenvalue weighted by molar-refractivity contribution is 5.97. The number of anilines is 2. The summed E-state index contributed by atoms with van der Waals surface area (Å²) in [6, 6.07) is 23.0. The maximum atomic E-state index is 14.0.